The highest BCUT2D eigenvalue weighted by Crippen LogP contribution is 2.25. The monoisotopic (exact) mass is 272 g/mol. The van der Waals surface area contributed by atoms with E-state index in [9.17, 15) is 17.6 Å². The third-order valence-electron chi connectivity index (χ3n) is 2.56. The van der Waals surface area contributed by atoms with Gasteiger partial charge in [0.2, 0.25) is 0 Å². The molecule has 2 aromatic carbocycles. The first-order valence-corrected chi connectivity index (χ1v) is 5.22. The first-order valence-electron chi connectivity index (χ1n) is 5.22. The molecule has 0 fully saturated rings. The first-order chi connectivity index (χ1) is 8.88. The molecule has 100 valence electrons. The summed E-state index contributed by atoms with van der Waals surface area (Å²) < 4.78 is 52.3. The van der Waals surface area contributed by atoms with Crippen LogP contribution in [0.15, 0.2) is 24.3 Å². The van der Waals surface area contributed by atoms with Crippen molar-refractivity contribution in [3.8, 4) is 11.5 Å². The molecule has 0 spiro atoms. The summed E-state index contributed by atoms with van der Waals surface area (Å²) in [5.74, 6) is -6.84. The van der Waals surface area contributed by atoms with Crippen LogP contribution in [0.3, 0.4) is 0 Å². The fourth-order valence-electron chi connectivity index (χ4n) is 1.68. The molecule has 0 aliphatic carbocycles. The average molecular weight is 272 g/mol. The number of rotatable bonds is 2. The molecule has 0 saturated carbocycles. The summed E-state index contributed by atoms with van der Waals surface area (Å²) in [7, 11) is 0. The second kappa shape index (κ2) is 4.79. The summed E-state index contributed by atoms with van der Waals surface area (Å²) in [5, 5.41) is 17.8. The lowest BCUT2D eigenvalue weighted by atomic mass is 10.0. The summed E-state index contributed by atoms with van der Waals surface area (Å²) in [5.41, 5.74) is 0.189. The van der Waals surface area contributed by atoms with E-state index in [1.807, 2.05) is 0 Å². The first kappa shape index (κ1) is 13.2. The molecule has 2 rings (SSSR count). The van der Waals surface area contributed by atoms with Crippen LogP contribution < -0.4 is 0 Å². The Bertz CT molecular complexity index is 539. The van der Waals surface area contributed by atoms with Crippen LogP contribution in [0.5, 0.6) is 11.5 Å². The summed E-state index contributed by atoms with van der Waals surface area (Å²) >= 11 is 0. The average Bonchev–Trinajstić information content (AvgIpc) is 2.33. The highest BCUT2D eigenvalue weighted by Gasteiger charge is 2.13. The molecule has 19 heavy (non-hydrogen) atoms. The minimum Gasteiger partial charge on any atom is -0.503 e. The third-order valence-corrected chi connectivity index (χ3v) is 2.56. The van der Waals surface area contributed by atoms with E-state index in [2.05, 4.69) is 0 Å². The Labute approximate surface area is 105 Å². The van der Waals surface area contributed by atoms with E-state index in [0.717, 1.165) is 24.3 Å². The van der Waals surface area contributed by atoms with Crippen molar-refractivity contribution in [2.75, 3.05) is 0 Å². The van der Waals surface area contributed by atoms with Crippen molar-refractivity contribution in [3.05, 3.63) is 58.7 Å². The van der Waals surface area contributed by atoms with Crippen molar-refractivity contribution in [1.82, 2.24) is 0 Å². The van der Waals surface area contributed by atoms with Gasteiger partial charge in [-0.05, 0) is 41.8 Å². The highest BCUT2D eigenvalue weighted by molar-refractivity contribution is 5.36. The number of phenols is 2. The molecule has 0 saturated heterocycles. The van der Waals surface area contributed by atoms with E-state index >= 15 is 0 Å². The number of benzene rings is 2. The molecular weight excluding hydrogens is 264 g/mol. The maximum absolute atomic E-state index is 13.1. The second-order valence-electron chi connectivity index (χ2n) is 3.99. The minimum absolute atomic E-state index is 0.0947. The van der Waals surface area contributed by atoms with Gasteiger partial charge in [-0.3, -0.25) is 0 Å². The van der Waals surface area contributed by atoms with E-state index in [1.165, 1.54) is 0 Å². The number of hydrogen-bond acceptors (Lipinski definition) is 2. The Hall–Kier alpha value is -2.24. The molecule has 0 aromatic heterocycles. The van der Waals surface area contributed by atoms with E-state index in [4.69, 9.17) is 10.2 Å². The third kappa shape index (κ3) is 2.62. The maximum Gasteiger partial charge on any atom is 0.187 e. The second-order valence-corrected chi connectivity index (χ2v) is 3.99. The molecule has 0 radical (unpaired) electrons. The van der Waals surface area contributed by atoms with Gasteiger partial charge in [0.15, 0.2) is 34.8 Å². The van der Waals surface area contributed by atoms with Crippen molar-refractivity contribution in [2.45, 2.75) is 6.42 Å². The Morgan fingerprint density at radius 2 is 0.895 bits per heavy atom. The minimum atomic E-state index is -1.16. The van der Waals surface area contributed by atoms with Crippen LogP contribution in [0.2, 0.25) is 0 Å². The zero-order valence-corrected chi connectivity index (χ0v) is 9.42. The van der Waals surface area contributed by atoms with Gasteiger partial charge in [-0.25, -0.2) is 17.6 Å². The van der Waals surface area contributed by atoms with Crippen LogP contribution in [-0.2, 0) is 6.42 Å². The topological polar surface area (TPSA) is 40.5 Å². The zero-order valence-electron chi connectivity index (χ0n) is 9.42. The van der Waals surface area contributed by atoms with Gasteiger partial charge in [-0.15, -0.1) is 0 Å². The lowest BCUT2D eigenvalue weighted by Crippen LogP contribution is -1.95. The fourth-order valence-corrected chi connectivity index (χ4v) is 1.68. The molecule has 6 heteroatoms. The molecule has 0 aliphatic rings. The Morgan fingerprint density at radius 1 is 0.632 bits per heavy atom. The van der Waals surface area contributed by atoms with Gasteiger partial charge in [0, 0.05) is 0 Å². The molecule has 0 amide bonds. The van der Waals surface area contributed by atoms with Crippen molar-refractivity contribution in [1.29, 1.82) is 0 Å². The molecular formula is C13H8F4O2. The van der Waals surface area contributed by atoms with E-state index in [0.29, 0.717) is 0 Å². The quantitative estimate of drug-likeness (QED) is 0.824. The van der Waals surface area contributed by atoms with E-state index < -0.39 is 34.8 Å². The smallest absolute Gasteiger partial charge is 0.187 e. The number of phenolic OH excluding ortho intramolecular Hbond substituents is 2. The maximum atomic E-state index is 13.1. The van der Waals surface area contributed by atoms with Gasteiger partial charge < -0.3 is 10.2 Å². The van der Waals surface area contributed by atoms with E-state index in [1.54, 1.807) is 0 Å². The van der Waals surface area contributed by atoms with Gasteiger partial charge >= 0.3 is 0 Å². The molecule has 0 aliphatic heterocycles. The van der Waals surface area contributed by atoms with Gasteiger partial charge in [-0.2, -0.15) is 0 Å². The van der Waals surface area contributed by atoms with E-state index in [-0.39, 0.29) is 17.5 Å². The fraction of sp³-hybridized carbons (Fsp3) is 0.0769. The van der Waals surface area contributed by atoms with Crippen molar-refractivity contribution < 1.29 is 27.8 Å². The standard InChI is InChI=1S/C13H8F4O2/c14-8-2-6(3-9(15)12(8)18)1-7-4-10(16)13(19)11(17)5-7/h2-5,18-19H,1H2. The predicted octanol–water partition coefficient (Wildman–Crippen LogP) is 3.25. The highest BCUT2D eigenvalue weighted by atomic mass is 19.1. The summed E-state index contributed by atoms with van der Waals surface area (Å²) in [4.78, 5) is 0. The molecule has 0 bridgehead atoms. The van der Waals surface area contributed by atoms with Gasteiger partial charge in [0.1, 0.15) is 0 Å². The largest absolute Gasteiger partial charge is 0.503 e. The SMILES string of the molecule is Oc1c(F)cc(Cc2cc(F)c(O)c(F)c2)cc1F. The van der Waals surface area contributed by atoms with Crippen LogP contribution in [0.25, 0.3) is 0 Å². The number of aromatic hydroxyl groups is 2. The Morgan fingerprint density at radius 3 is 1.16 bits per heavy atom. The Kier molecular flexibility index (Phi) is 3.33. The van der Waals surface area contributed by atoms with Crippen LogP contribution >= 0.6 is 0 Å². The zero-order chi connectivity index (χ0) is 14.2. The number of halogens is 4. The number of hydrogen-bond donors (Lipinski definition) is 2. The van der Waals surface area contributed by atoms with Crippen molar-refractivity contribution in [3.63, 3.8) is 0 Å². The summed E-state index contributed by atoms with van der Waals surface area (Å²) in [6.45, 7) is 0. The molecule has 2 nitrogen and oxygen atoms in total. The Balaban J connectivity index is 2.36. The van der Waals surface area contributed by atoms with Gasteiger partial charge in [0.05, 0.1) is 0 Å². The molecule has 0 atom stereocenters. The lowest BCUT2D eigenvalue weighted by Gasteiger charge is -2.06. The summed E-state index contributed by atoms with van der Waals surface area (Å²) in [6.07, 6.45) is -0.151. The molecule has 0 heterocycles. The predicted molar refractivity (Wildman–Crippen MR) is 58.9 cm³/mol. The van der Waals surface area contributed by atoms with Crippen LogP contribution in [-0.4, -0.2) is 10.2 Å². The normalized spacial score (nSPS) is 10.7. The molecule has 2 aromatic rings. The van der Waals surface area contributed by atoms with Crippen LogP contribution in [0, 0.1) is 23.3 Å². The summed E-state index contributed by atoms with van der Waals surface area (Å²) in [6, 6.07) is 3.45. The van der Waals surface area contributed by atoms with Crippen LogP contribution in [0.1, 0.15) is 11.1 Å². The molecule has 2 N–H and O–H groups in total. The lowest BCUT2D eigenvalue weighted by molar-refractivity contribution is 0.394. The molecule has 0 unspecified atom stereocenters. The van der Waals surface area contributed by atoms with Gasteiger partial charge in [-0.1, -0.05) is 0 Å². The van der Waals surface area contributed by atoms with Crippen molar-refractivity contribution >= 4 is 0 Å². The van der Waals surface area contributed by atoms with Crippen molar-refractivity contribution in [2.24, 2.45) is 0 Å². The van der Waals surface area contributed by atoms with Gasteiger partial charge in [0.25, 0.3) is 0 Å². The van der Waals surface area contributed by atoms with Crippen LogP contribution in [0.4, 0.5) is 17.6 Å².